The standard InChI is InChI=1S/C17H17FN2O4/c1-11-7-12(2)9-14(8-11)24-6-5-17(21)19-13-3-4-15(18)16(10-13)20(22)23/h3-4,7-10H,5-6H2,1-2H3,(H,19,21). The highest BCUT2D eigenvalue weighted by atomic mass is 19.1. The Morgan fingerprint density at radius 2 is 1.88 bits per heavy atom. The Hall–Kier alpha value is -2.96. The maximum absolute atomic E-state index is 13.2. The van der Waals surface area contributed by atoms with Crippen LogP contribution in [0.1, 0.15) is 17.5 Å². The molecule has 0 bridgehead atoms. The summed E-state index contributed by atoms with van der Waals surface area (Å²) in [5.74, 6) is -0.644. The summed E-state index contributed by atoms with van der Waals surface area (Å²) in [5.41, 5.74) is 1.61. The van der Waals surface area contributed by atoms with Gasteiger partial charge < -0.3 is 10.1 Å². The second-order valence-electron chi connectivity index (χ2n) is 5.39. The van der Waals surface area contributed by atoms with Crippen LogP contribution in [0.3, 0.4) is 0 Å². The zero-order chi connectivity index (χ0) is 17.7. The minimum absolute atomic E-state index is 0.0676. The van der Waals surface area contributed by atoms with Crippen molar-refractivity contribution in [2.45, 2.75) is 20.3 Å². The molecule has 2 rings (SSSR count). The van der Waals surface area contributed by atoms with Gasteiger partial charge in [0.2, 0.25) is 11.7 Å². The normalized spacial score (nSPS) is 10.3. The molecular formula is C17H17FN2O4. The summed E-state index contributed by atoms with van der Waals surface area (Å²) in [5, 5.41) is 13.2. The van der Waals surface area contributed by atoms with Gasteiger partial charge >= 0.3 is 5.69 Å². The molecule has 2 aromatic rings. The van der Waals surface area contributed by atoms with Gasteiger partial charge in [-0.25, -0.2) is 0 Å². The van der Waals surface area contributed by atoms with Crippen LogP contribution < -0.4 is 10.1 Å². The van der Waals surface area contributed by atoms with Crippen LogP contribution in [-0.2, 0) is 4.79 Å². The van der Waals surface area contributed by atoms with E-state index < -0.39 is 16.4 Å². The molecule has 0 aliphatic carbocycles. The molecule has 0 saturated heterocycles. The fourth-order valence-corrected chi connectivity index (χ4v) is 2.23. The average molecular weight is 332 g/mol. The third kappa shape index (κ3) is 4.77. The molecule has 1 N–H and O–H groups in total. The van der Waals surface area contributed by atoms with Gasteiger partial charge in [0, 0.05) is 11.8 Å². The van der Waals surface area contributed by atoms with Crippen molar-refractivity contribution in [3.8, 4) is 5.75 Å². The van der Waals surface area contributed by atoms with Crippen molar-refractivity contribution in [3.05, 3.63) is 63.5 Å². The third-order valence-corrected chi connectivity index (χ3v) is 3.22. The molecule has 0 fully saturated rings. The summed E-state index contributed by atoms with van der Waals surface area (Å²) < 4.78 is 18.8. The maximum Gasteiger partial charge on any atom is 0.306 e. The topological polar surface area (TPSA) is 81.5 Å². The van der Waals surface area contributed by atoms with Gasteiger partial charge in [-0.1, -0.05) is 6.07 Å². The van der Waals surface area contributed by atoms with Crippen molar-refractivity contribution in [3.63, 3.8) is 0 Å². The third-order valence-electron chi connectivity index (χ3n) is 3.22. The smallest absolute Gasteiger partial charge is 0.306 e. The fraction of sp³-hybridized carbons (Fsp3) is 0.235. The van der Waals surface area contributed by atoms with Crippen LogP contribution in [0.25, 0.3) is 0 Å². The molecule has 126 valence electrons. The predicted octanol–water partition coefficient (Wildman–Crippen LogP) is 3.76. The number of ether oxygens (including phenoxy) is 1. The number of aryl methyl sites for hydroxylation is 2. The van der Waals surface area contributed by atoms with Crippen molar-refractivity contribution in [2.24, 2.45) is 0 Å². The first-order chi connectivity index (χ1) is 11.3. The van der Waals surface area contributed by atoms with E-state index in [-0.39, 0.29) is 24.6 Å². The number of amides is 1. The number of carbonyl (C=O) groups excluding carboxylic acids is 1. The molecule has 0 atom stereocenters. The van der Waals surface area contributed by atoms with Crippen LogP contribution >= 0.6 is 0 Å². The lowest BCUT2D eigenvalue weighted by molar-refractivity contribution is -0.387. The van der Waals surface area contributed by atoms with Crippen LogP contribution in [0, 0.1) is 29.8 Å². The highest BCUT2D eigenvalue weighted by Gasteiger charge is 2.15. The largest absolute Gasteiger partial charge is 0.493 e. The number of nitrogens with zero attached hydrogens (tertiary/aromatic N) is 1. The first kappa shape index (κ1) is 17.4. The summed E-state index contributed by atoms with van der Waals surface area (Å²) >= 11 is 0. The quantitative estimate of drug-likeness (QED) is 0.645. The molecule has 0 saturated carbocycles. The van der Waals surface area contributed by atoms with Gasteiger partial charge in [-0.15, -0.1) is 0 Å². The molecule has 6 nitrogen and oxygen atoms in total. The van der Waals surface area contributed by atoms with Crippen LogP contribution in [0.4, 0.5) is 15.8 Å². The monoisotopic (exact) mass is 332 g/mol. The molecule has 1 amide bonds. The van der Waals surface area contributed by atoms with Crippen LogP contribution in [0.5, 0.6) is 5.75 Å². The number of benzene rings is 2. The number of rotatable bonds is 6. The second-order valence-corrected chi connectivity index (χ2v) is 5.39. The van der Waals surface area contributed by atoms with Crippen molar-refractivity contribution >= 4 is 17.3 Å². The summed E-state index contributed by atoms with van der Waals surface area (Å²) in [4.78, 5) is 21.7. The lowest BCUT2D eigenvalue weighted by Crippen LogP contribution is -2.15. The van der Waals surface area contributed by atoms with Gasteiger partial charge in [-0.3, -0.25) is 14.9 Å². The predicted molar refractivity (Wildman–Crippen MR) is 87.7 cm³/mol. The van der Waals surface area contributed by atoms with Crippen LogP contribution in [0.15, 0.2) is 36.4 Å². The first-order valence-electron chi connectivity index (χ1n) is 7.30. The van der Waals surface area contributed by atoms with Crippen molar-refractivity contribution in [1.82, 2.24) is 0 Å². The Morgan fingerprint density at radius 3 is 2.50 bits per heavy atom. The van der Waals surface area contributed by atoms with E-state index >= 15 is 0 Å². The van der Waals surface area contributed by atoms with Gasteiger partial charge in [0.05, 0.1) is 18.0 Å². The van der Waals surface area contributed by atoms with Gasteiger partial charge in [-0.2, -0.15) is 4.39 Å². The van der Waals surface area contributed by atoms with Gasteiger partial charge in [0.1, 0.15) is 5.75 Å². The SMILES string of the molecule is Cc1cc(C)cc(OCCC(=O)Nc2ccc(F)c([N+](=O)[O-])c2)c1. The first-order valence-corrected chi connectivity index (χ1v) is 7.30. The van der Waals surface area contributed by atoms with Crippen LogP contribution in [-0.4, -0.2) is 17.4 Å². The zero-order valence-corrected chi connectivity index (χ0v) is 13.3. The van der Waals surface area contributed by atoms with E-state index in [4.69, 9.17) is 4.74 Å². The number of nitrogens with one attached hydrogen (secondary N) is 1. The molecule has 0 aliphatic heterocycles. The Morgan fingerprint density at radius 1 is 1.21 bits per heavy atom. The summed E-state index contributed by atoms with van der Waals surface area (Å²) in [6.45, 7) is 4.07. The van der Waals surface area contributed by atoms with Crippen molar-refractivity contribution in [2.75, 3.05) is 11.9 Å². The number of hydrogen-bond donors (Lipinski definition) is 1. The molecule has 0 aliphatic rings. The summed E-state index contributed by atoms with van der Waals surface area (Å²) in [7, 11) is 0. The van der Waals surface area contributed by atoms with E-state index in [1.54, 1.807) is 0 Å². The van der Waals surface area contributed by atoms with Gasteiger partial charge in [-0.05, 0) is 49.2 Å². The Kier molecular flexibility index (Phi) is 5.47. The zero-order valence-electron chi connectivity index (χ0n) is 13.3. The molecule has 7 heteroatoms. The van der Waals surface area contributed by atoms with E-state index in [2.05, 4.69) is 5.32 Å². The summed E-state index contributed by atoms with van der Waals surface area (Å²) in [6.07, 6.45) is 0.0676. The van der Waals surface area contributed by atoms with Crippen LogP contribution in [0.2, 0.25) is 0 Å². The molecule has 0 radical (unpaired) electrons. The molecule has 24 heavy (non-hydrogen) atoms. The van der Waals surface area contributed by atoms with E-state index in [1.165, 1.54) is 6.07 Å². The maximum atomic E-state index is 13.2. The average Bonchev–Trinajstić information content (AvgIpc) is 2.48. The minimum Gasteiger partial charge on any atom is -0.493 e. The molecular weight excluding hydrogens is 315 g/mol. The Labute approximate surface area is 138 Å². The number of hydrogen-bond acceptors (Lipinski definition) is 4. The van der Waals surface area contributed by atoms with E-state index in [0.717, 1.165) is 23.3 Å². The van der Waals surface area contributed by atoms with E-state index in [9.17, 15) is 19.3 Å². The van der Waals surface area contributed by atoms with Gasteiger partial charge in [0.25, 0.3) is 0 Å². The minimum atomic E-state index is -0.948. The highest BCUT2D eigenvalue weighted by Crippen LogP contribution is 2.22. The molecule has 0 aromatic heterocycles. The van der Waals surface area contributed by atoms with Gasteiger partial charge in [0.15, 0.2) is 0 Å². The molecule has 0 heterocycles. The number of anilines is 1. The van der Waals surface area contributed by atoms with Crippen molar-refractivity contribution in [1.29, 1.82) is 0 Å². The molecule has 0 spiro atoms. The lowest BCUT2D eigenvalue weighted by atomic mass is 10.1. The highest BCUT2D eigenvalue weighted by molar-refractivity contribution is 5.91. The Bertz CT molecular complexity index is 757. The summed E-state index contributed by atoms with van der Waals surface area (Å²) in [6, 6.07) is 8.95. The second kappa shape index (κ2) is 7.54. The number of halogens is 1. The lowest BCUT2D eigenvalue weighted by Gasteiger charge is -2.09. The van der Waals surface area contributed by atoms with E-state index in [1.807, 2.05) is 32.0 Å². The Balaban J connectivity index is 1.89. The number of nitro groups is 1. The number of nitro benzene ring substituents is 1. The molecule has 0 unspecified atom stereocenters. The van der Waals surface area contributed by atoms with E-state index in [0.29, 0.717) is 5.75 Å². The molecule has 2 aromatic carbocycles. The fourth-order valence-electron chi connectivity index (χ4n) is 2.23. The van der Waals surface area contributed by atoms with Crippen molar-refractivity contribution < 1.29 is 18.8 Å². The number of carbonyl (C=O) groups is 1.